The third-order valence-corrected chi connectivity index (χ3v) is 3.59. The average Bonchev–Trinajstić information content (AvgIpc) is 2.70. The minimum Gasteiger partial charge on any atom is -0.353 e. The Balaban J connectivity index is 2.14. The van der Waals surface area contributed by atoms with Gasteiger partial charge in [0.15, 0.2) is 12.1 Å². The number of ether oxygens (including phenoxy) is 4. The zero-order chi connectivity index (χ0) is 13.6. The normalized spacial score (nSPS) is 41.9. The molecule has 5 nitrogen and oxygen atoms in total. The molecule has 0 bridgehead atoms. The second-order valence-corrected chi connectivity index (χ2v) is 5.76. The molecule has 2 aliphatic heterocycles. The second kappa shape index (κ2) is 4.56. The fourth-order valence-electron chi connectivity index (χ4n) is 2.67. The molecule has 0 aliphatic carbocycles. The van der Waals surface area contributed by atoms with E-state index in [9.17, 15) is 4.79 Å². The summed E-state index contributed by atoms with van der Waals surface area (Å²) in [4.78, 5) is 11.2. The van der Waals surface area contributed by atoms with Crippen molar-refractivity contribution in [1.82, 2.24) is 0 Å². The van der Waals surface area contributed by atoms with E-state index < -0.39 is 17.7 Å². The van der Waals surface area contributed by atoms with Gasteiger partial charge in [-0.15, -0.1) is 0 Å². The largest absolute Gasteiger partial charge is 0.353 e. The molecule has 0 unspecified atom stereocenters. The van der Waals surface area contributed by atoms with Crippen LogP contribution in [0.25, 0.3) is 0 Å². The van der Waals surface area contributed by atoms with Crippen molar-refractivity contribution < 1.29 is 23.7 Å². The first kappa shape index (κ1) is 13.9. The Kier molecular flexibility index (Phi) is 3.53. The summed E-state index contributed by atoms with van der Waals surface area (Å²) in [5, 5.41) is 0. The van der Waals surface area contributed by atoms with Crippen LogP contribution in [-0.2, 0) is 23.7 Å². The molecule has 0 saturated carbocycles. The maximum atomic E-state index is 11.2. The first-order valence-corrected chi connectivity index (χ1v) is 6.33. The summed E-state index contributed by atoms with van der Waals surface area (Å²) >= 11 is 0. The minimum absolute atomic E-state index is 0.149. The number of carbonyl (C=O) groups is 1. The molecule has 0 aromatic rings. The Morgan fingerprint density at radius 1 is 1.22 bits per heavy atom. The van der Waals surface area contributed by atoms with Crippen molar-refractivity contribution in [3.05, 3.63) is 0 Å². The van der Waals surface area contributed by atoms with Gasteiger partial charge in [0.25, 0.3) is 0 Å². The van der Waals surface area contributed by atoms with E-state index in [1.807, 2.05) is 20.8 Å². The van der Waals surface area contributed by atoms with Gasteiger partial charge < -0.3 is 23.7 Å². The second-order valence-electron chi connectivity index (χ2n) is 5.76. The highest BCUT2D eigenvalue weighted by Crippen LogP contribution is 2.46. The number of carbonyl (C=O) groups excluding carboxylic acids is 1. The van der Waals surface area contributed by atoms with Gasteiger partial charge in [0.05, 0.1) is 5.60 Å². The summed E-state index contributed by atoms with van der Waals surface area (Å²) in [7, 11) is 1.59. The molecule has 0 aromatic heterocycles. The van der Waals surface area contributed by atoms with Crippen molar-refractivity contribution in [3.8, 4) is 0 Å². The molecule has 0 radical (unpaired) electrons. The van der Waals surface area contributed by atoms with Crippen LogP contribution in [-0.4, -0.2) is 42.8 Å². The molecular weight excluding hydrogens is 236 g/mol. The number of fused-ring (bicyclic) bond motifs is 1. The molecule has 2 fully saturated rings. The van der Waals surface area contributed by atoms with Crippen LogP contribution >= 0.6 is 0 Å². The van der Waals surface area contributed by atoms with E-state index in [1.54, 1.807) is 14.0 Å². The Morgan fingerprint density at radius 2 is 1.89 bits per heavy atom. The topological polar surface area (TPSA) is 54.0 Å². The molecule has 0 aromatic carbocycles. The van der Waals surface area contributed by atoms with Gasteiger partial charge in [0.2, 0.25) is 0 Å². The van der Waals surface area contributed by atoms with E-state index in [-0.39, 0.29) is 18.0 Å². The summed E-state index contributed by atoms with van der Waals surface area (Å²) < 4.78 is 22.9. The van der Waals surface area contributed by atoms with E-state index in [0.717, 1.165) is 0 Å². The van der Waals surface area contributed by atoms with Crippen LogP contribution in [0.15, 0.2) is 0 Å². The van der Waals surface area contributed by atoms with Gasteiger partial charge in [-0.2, -0.15) is 0 Å². The van der Waals surface area contributed by atoms with Gasteiger partial charge in [0.1, 0.15) is 18.0 Å². The van der Waals surface area contributed by atoms with Crippen molar-refractivity contribution in [2.24, 2.45) is 0 Å². The van der Waals surface area contributed by atoms with E-state index in [2.05, 4.69) is 0 Å². The lowest BCUT2D eigenvalue weighted by atomic mass is 9.91. The minimum atomic E-state index is -0.632. The fraction of sp³-hybridized carbons (Fsp3) is 0.923. The third-order valence-electron chi connectivity index (χ3n) is 3.59. The lowest BCUT2D eigenvalue weighted by Crippen LogP contribution is -2.40. The van der Waals surface area contributed by atoms with Crippen LogP contribution in [0.4, 0.5) is 0 Å². The predicted molar refractivity (Wildman–Crippen MR) is 64.0 cm³/mol. The van der Waals surface area contributed by atoms with Crippen molar-refractivity contribution in [2.45, 2.75) is 70.4 Å². The lowest BCUT2D eigenvalue weighted by Gasteiger charge is -2.31. The van der Waals surface area contributed by atoms with E-state index in [4.69, 9.17) is 18.9 Å². The maximum Gasteiger partial charge on any atom is 0.186 e. The summed E-state index contributed by atoms with van der Waals surface area (Å²) in [6.07, 6.45) is 0.218. The summed E-state index contributed by atoms with van der Waals surface area (Å²) in [5.41, 5.74) is -0.537. The highest BCUT2D eigenvalue weighted by Gasteiger charge is 2.60. The fourth-order valence-corrected chi connectivity index (χ4v) is 2.67. The van der Waals surface area contributed by atoms with Gasteiger partial charge in [0, 0.05) is 13.5 Å². The summed E-state index contributed by atoms with van der Waals surface area (Å²) in [6, 6.07) is 0. The molecule has 0 N–H and O–H groups in total. The Morgan fingerprint density at radius 3 is 2.44 bits per heavy atom. The van der Waals surface area contributed by atoms with Gasteiger partial charge in [-0.05, 0) is 34.1 Å². The van der Waals surface area contributed by atoms with E-state index >= 15 is 0 Å². The number of hydrogen-bond donors (Lipinski definition) is 0. The summed E-state index contributed by atoms with van der Waals surface area (Å²) in [6.45, 7) is 7.30. The highest BCUT2D eigenvalue weighted by molar-refractivity contribution is 5.75. The molecule has 2 aliphatic rings. The van der Waals surface area contributed by atoms with Crippen LogP contribution in [0.3, 0.4) is 0 Å². The zero-order valence-electron chi connectivity index (χ0n) is 11.7. The van der Waals surface area contributed by atoms with Crippen molar-refractivity contribution in [1.29, 1.82) is 0 Å². The zero-order valence-corrected chi connectivity index (χ0v) is 11.7. The standard InChI is InChI=1S/C13H22O5/c1-8(14)6-7-13(4)10-9(11(15-5)18-13)16-12(2,3)17-10/h9-11H,6-7H2,1-5H3/t9-,10+,11-,13+/m1/s1. The monoisotopic (exact) mass is 258 g/mol. The highest BCUT2D eigenvalue weighted by atomic mass is 16.8. The van der Waals surface area contributed by atoms with Gasteiger partial charge in [-0.3, -0.25) is 0 Å². The first-order valence-electron chi connectivity index (χ1n) is 6.33. The third kappa shape index (κ3) is 2.45. The van der Waals surface area contributed by atoms with Crippen LogP contribution in [0.1, 0.15) is 40.5 Å². The molecular formula is C13H22O5. The molecule has 0 amide bonds. The molecule has 18 heavy (non-hydrogen) atoms. The number of methoxy groups -OCH3 is 1. The van der Waals surface area contributed by atoms with Gasteiger partial charge in [-0.1, -0.05) is 0 Å². The molecule has 2 saturated heterocycles. The molecule has 4 atom stereocenters. The van der Waals surface area contributed by atoms with E-state index in [0.29, 0.717) is 12.8 Å². The molecule has 2 rings (SSSR count). The van der Waals surface area contributed by atoms with Crippen molar-refractivity contribution in [3.63, 3.8) is 0 Å². The Hall–Kier alpha value is -0.490. The molecule has 104 valence electrons. The average molecular weight is 258 g/mol. The number of rotatable bonds is 4. The molecule has 2 heterocycles. The van der Waals surface area contributed by atoms with Crippen LogP contribution in [0, 0.1) is 0 Å². The van der Waals surface area contributed by atoms with Crippen LogP contribution < -0.4 is 0 Å². The number of hydrogen-bond acceptors (Lipinski definition) is 5. The number of Topliss-reactive ketones (excluding diaryl/α,β-unsaturated/α-hetero) is 1. The van der Waals surface area contributed by atoms with Gasteiger partial charge >= 0.3 is 0 Å². The quantitative estimate of drug-likeness (QED) is 0.767. The Bertz CT molecular complexity index is 340. The molecule has 0 spiro atoms. The Labute approximate surface area is 108 Å². The smallest absolute Gasteiger partial charge is 0.186 e. The van der Waals surface area contributed by atoms with Crippen LogP contribution in [0.5, 0.6) is 0 Å². The predicted octanol–water partition coefficient (Wildman–Crippen LogP) is 1.64. The first-order chi connectivity index (χ1) is 8.27. The lowest BCUT2D eigenvalue weighted by molar-refractivity contribution is -0.248. The SMILES string of the molecule is CO[C@@H]1O[C@@](C)(CCC(C)=O)[C@H]2OC(C)(C)O[C@@H]12. The maximum absolute atomic E-state index is 11.2. The summed E-state index contributed by atoms with van der Waals surface area (Å²) in [5.74, 6) is -0.483. The van der Waals surface area contributed by atoms with Crippen LogP contribution in [0.2, 0.25) is 0 Å². The van der Waals surface area contributed by atoms with E-state index in [1.165, 1.54) is 0 Å². The number of ketones is 1. The van der Waals surface area contributed by atoms with Crippen molar-refractivity contribution >= 4 is 5.78 Å². The van der Waals surface area contributed by atoms with Crippen molar-refractivity contribution in [2.75, 3.05) is 7.11 Å². The van der Waals surface area contributed by atoms with Gasteiger partial charge in [-0.25, -0.2) is 0 Å². The molecule has 5 heteroatoms.